The minimum atomic E-state index is -0.0413. The maximum Gasteiger partial charge on any atom is 0.251 e. The normalized spacial score (nSPS) is 14.7. The van der Waals surface area contributed by atoms with Crippen LogP contribution >= 0.6 is 0 Å². The highest BCUT2D eigenvalue weighted by Crippen LogP contribution is 2.09. The summed E-state index contributed by atoms with van der Waals surface area (Å²) in [7, 11) is 0. The average Bonchev–Trinajstić information content (AvgIpc) is 2.89. The van der Waals surface area contributed by atoms with Crippen molar-refractivity contribution in [1.29, 1.82) is 0 Å². The van der Waals surface area contributed by atoms with E-state index in [0.717, 1.165) is 32.4 Å². The first kappa shape index (κ1) is 14.6. The molecule has 1 aromatic rings. The van der Waals surface area contributed by atoms with E-state index in [1.165, 1.54) is 5.56 Å². The molecule has 1 aliphatic rings. The maximum absolute atomic E-state index is 11.9. The minimum Gasteiger partial charge on any atom is -0.352 e. The van der Waals surface area contributed by atoms with Crippen LogP contribution in [0.5, 0.6) is 0 Å². The van der Waals surface area contributed by atoms with E-state index in [4.69, 9.17) is 0 Å². The molecule has 1 aliphatic heterocycles. The van der Waals surface area contributed by atoms with Crippen molar-refractivity contribution in [3.8, 4) is 0 Å². The Morgan fingerprint density at radius 3 is 2.65 bits per heavy atom. The van der Waals surface area contributed by atoms with E-state index < -0.39 is 0 Å². The number of nitrogens with one attached hydrogen (secondary N) is 1. The molecule has 0 aromatic heterocycles. The van der Waals surface area contributed by atoms with Crippen LogP contribution in [0, 0.1) is 0 Å². The van der Waals surface area contributed by atoms with Crippen LogP contribution in [0.4, 0.5) is 0 Å². The number of benzene rings is 1. The molecule has 0 atom stereocenters. The van der Waals surface area contributed by atoms with Gasteiger partial charge in [0.15, 0.2) is 0 Å². The summed E-state index contributed by atoms with van der Waals surface area (Å²) in [4.78, 5) is 25.2. The number of rotatable bonds is 6. The van der Waals surface area contributed by atoms with Gasteiger partial charge in [-0.1, -0.05) is 19.1 Å². The molecule has 4 nitrogen and oxygen atoms in total. The molecular formula is C16H22N2O2. The van der Waals surface area contributed by atoms with Gasteiger partial charge in [-0.25, -0.2) is 0 Å². The highest BCUT2D eigenvalue weighted by Gasteiger charge is 2.19. The zero-order chi connectivity index (χ0) is 14.4. The number of hydrogen-bond acceptors (Lipinski definition) is 2. The summed E-state index contributed by atoms with van der Waals surface area (Å²) < 4.78 is 0. The van der Waals surface area contributed by atoms with Gasteiger partial charge in [-0.3, -0.25) is 9.59 Å². The van der Waals surface area contributed by atoms with Crippen molar-refractivity contribution in [3.05, 3.63) is 35.4 Å². The van der Waals surface area contributed by atoms with Gasteiger partial charge >= 0.3 is 0 Å². The van der Waals surface area contributed by atoms with E-state index in [1.54, 1.807) is 0 Å². The first-order valence-corrected chi connectivity index (χ1v) is 7.35. The molecule has 1 fully saturated rings. The Bertz CT molecular complexity index is 468. The molecule has 0 bridgehead atoms. The van der Waals surface area contributed by atoms with Gasteiger partial charge in [-0.2, -0.15) is 0 Å². The Balaban J connectivity index is 1.70. The molecule has 2 amide bonds. The van der Waals surface area contributed by atoms with Gasteiger partial charge < -0.3 is 10.2 Å². The quantitative estimate of drug-likeness (QED) is 0.807. The van der Waals surface area contributed by atoms with Crippen LogP contribution in [-0.2, 0) is 11.2 Å². The Kier molecular flexibility index (Phi) is 5.16. The predicted molar refractivity (Wildman–Crippen MR) is 78.6 cm³/mol. The van der Waals surface area contributed by atoms with E-state index in [0.29, 0.717) is 18.5 Å². The van der Waals surface area contributed by atoms with Crippen molar-refractivity contribution in [2.75, 3.05) is 19.6 Å². The summed E-state index contributed by atoms with van der Waals surface area (Å²) in [5, 5.41) is 2.90. The first-order valence-electron chi connectivity index (χ1n) is 7.35. The Hall–Kier alpha value is -1.84. The number of nitrogens with zero attached hydrogens (tertiary/aromatic N) is 1. The number of carbonyl (C=O) groups is 2. The van der Waals surface area contributed by atoms with Gasteiger partial charge in [0.25, 0.3) is 5.91 Å². The third kappa shape index (κ3) is 3.83. The highest BCUT2D eigenvalue weighted by molar-refractivity contribution is 5.94. The Morgan fingerprint density at radius 2 is 2.05 bits per heavy atom. The van der Waals surface area contributed by atoms with Crippen molar-refractivity contribution < 1.29 is 9.59 Å². The zero-order valence-electron chi connectivity index (χ0n) is 12.0. The summed E-state index contributed by atoms with van der Waals surface area (Å²) in [6.45, 7) is 4.31. The van der Waals surface area contributed by atoms with Gasteiger partial charge in [-0.05, 0) is 37.0 Å². The van der Waals surface area contributed by atoms with Crippen LogP contribution < -0.4 is 5.32 Å². The molecule has 4 heteroatoms. The molecule has 1 aromatic carbocycles. The largest absolute Gasteiger partial charge is 0.352 e. The molecular weight excluding hydrogens is 252 g/mol. The minimum absolute atomic E-state index is 0.0413. The molecule has 0 aliphatic carbocycles. The molecule has 108 valence electrons. The van der Waals surface area contributed by atoms with Crippen molar-refractivity contribution >= 4 is 11.8 Å². The summed E-state index contributed by atoms with van der Waals surface area (Å²) in [5.74, 6) is 0.201. The molecule has 1 saturated heterocycles. The van der Waals surface area contributed by atoms with Crippen molar-refractivity contribution in [2.45, 2.75) is 32.6 Å². The summed E-state index contributed by atoms with van der Waals surface area (Å²) in [6, 6.07) is 7.69. The highest BCUT2D eigenvalue weighted by atomic mass is 16.2. The maximum atomic E-state index is 11.9. The van der Waals surface area contributed by atoms with Crippen LogP contribution in [0.25, 0.3) is 0 Å². The fourth-order valence-electron chi connectivity index (χ4n) is 2.41. The topological polar surface area (TPSA) is 49.4 Å². The number of amides is 2. The van der Waals surface area contributed by atoms with E-state index in [-0.39, 0.29) is 11.8 Å². The summed E-state index contributed by atoms with van der Waals surface area (Å²) in [6.07, 6.45) is 3.43. The van der Waals surface area contributed by atoms with Crippen molar-refractivity contribution in [2.24, 2.45) is 0 Å². The lowest BCUT2D eigenvalue weighted by Gasteiger charge is -2.15. The van der Waals surface area contributed by atoms with Crippen LogP contribution in [0.2, 0.25) is 0 Å². The third-order valence-electron chi connectivity index (χ3n) is 3.69. The number of aryl methyl sites for hydroxylation is 1. The second kappa shape index (κ2) is 7.08. The fraction of sp³-hybridized carbons (Fsp3) is 0.500. The average molecular weight is 274 g/mol. The predicted octanol–water partition coefficient (Wildman–Crippen LogP) is 1.99. The van der Waals surface area contributed by atoms with Crippen LogP contribution in [0.3, 0.4) is 0 Å². The molecule has 0 saturated carbocycles. The lowest BCUT2D eigenvalue weighted by molar-refractivity contribution is -0.127. The Morgan fingerprint density at radius 1 is 1.30 bits per heavy atom. The number of likely N-dealkylation sites (tertiary alicyclic amines) is 1. The van der Waals surface area contributed by atoms with Gasteiger partial charge in [0.1, 0.15) is 0 Å². The van der Waals surface area contributed by atoms with Gasteiger partial charge in [0, 0.05) is 31.6 Å². The fourth-order valence-corrected chi connectivity index (χ4v) is 2.41. The second-order valence-corrected chi connectivity index (χ2v) is 5.14. The lowest BCUT2D eigenvalue weighted by Crippen LogP contribution is -2.30. The van der Waals surface area contributed by atoms with Crippen molar-refractivity contribution in [3.63, 3.8) is 0 Å². The summed E-state index contributed by atoms with van der Waals surface area (Å²) >= 11 is 0. The van der Waals surface area contributed by atoms with E-state index in [9.17, 15) is 9.59 Å². The molecule has 0 spiro atoms. The monoisotopic (exact) mass is 274 g/mol. The van der Waals surface area contributed by atoms with E-state index in [2.05, 4.69) is 12.2 Å². The molecule has 1 heterocycles. The smallest absolute Gasteiger partial charge is 0.251 e. The molecule has 0 unspecified atom stereocenters. The lowest BCUT2D eigenvalue weighted by atomic mass is 10.1. The zero-order valence-corrected chi connectivity index (χ0v) is 12.0. The number of carbonyl (C=O) groups excluding carboxylic acids is 2. The van der Waals surface area contributed by atoms with Crippen LogP contribution in [0.1, 0.15) is 42.1 Å². The second-order valence-electron chi connectivity index (χ2n) is 5.14. The standard InChI is InChI=1S/C16H22N2O2/c1-2-13-6-8-14(9-7-13)16(20)17-10-4-12-18-11-3-5-15(18)19/h6-9H,2-5,10-12H2,1H3,(H,17,20). The molecule has 1 N–H and O–H groups in total. The molecule has 2 rings (SSSR count). The van der Waals surface area contributed by atoms with Gasteiger partial charge in [-0.15, -0.1) is 0 Å². The SMILES string of the molecule is CCc1ccc(C(=O)NCCCN2CCCC2=O)cc1. The van der Waals surface area contributed by atoms with Crippen LogP contribution in [-0.4, -0.2) is 36.3 Å². The van der Waals surface area contributed by atoms with Gasteiger partial charge in [0.2, 0.25) is 5.91 Å². The Labute approximate surface area is 120 Å². The van der Waals surface area contributed by atoms with E-state index in [1.807, 2.05) is 29.2 Å². The molecule has 0 radical (unpaired) electrons. The third-order valence-corrected chi connectivity index (χ3v) is 3.69. The van der Waals surface area contributed by atoms with Crippen molar-refractivity contribution in [1.82, 2.24) is 10.2 Å². The van der Waals surface area contributed by atoms with Crippen LogP contribution in [0.15, 0.2) is 24.3 Å². The van der Waals surface area contributed by atoms with E-state index >= 15 is 0 Å². The van der Waals surface area contributed by atoms with Gasteiger partial charge in [0.05, 0.1) is 0 Å². The first-order chi connectivity index (χ1) is 9.70. The molecule has 20 heavy (non-hydrogen) atoms. The summed E-state index contributed by atoms with van der Waals surface area (Å²) in [5.41, 5.74) is 1.92. The number of hydrogen-bond donors (Lipinski definition) is 1.